The second kappa shape index (κ2) is 8.13. The molecule has 0 aliphatic rings. The predicted molar refractivity (Wildman–Crippen MR) is 96.2 cm³/mol. The van der Waals surface area contributed by atoms with Crippen LogP contribution in [-0.2, 0) is 0 Å². The van der Waals surface area contributed by atoms with E-state index in [1.165, 1.54) is 5.56 Å². The number of hydrogen-bond donors (Lipinski definition) is 0. The van der Waals surface area contributed by atoms with Gasteiger partial charge in [0.15, 0.2) is 0 Å². The minimum absolute atomic E-state index is 0.258. The van der Waals surface area contributed by atoms with Gasteiger partial charge in [0.1, 0.15) is 0 Å². The normalized spacial score (nSPS) is 12.9. The standard InChI is InChI=1S/C19H22OSe2/c1-19(21-2,22-3)17(15-10-6-4-7-11-15)14-18(20)16-12-8-5-9-13-16/h4-13,17H,14H2,1-3H3. The zero-order valence-electron chi connectivity index (χ0n) is 13.3. The van der Waals surface area contributed by atoms with Crippen LogP contribution in [-0.4, -0.2) is 35.7 Å². The summed E-state index contributed by atoms with van der Waals surface area (Å²) in [5, 5.41) is 0. The van der Waals surface area contributed by atoms with Crippen LogP contribution in [0, 0.1) is 0 Å². The van der Waals surface area contributed by atoms with Crippen LogP contribution in [0.25, 0.3) is 0 Å². The van der Waals surface area contributed by atoms with Gasteiger partial charge in [0.25, 0.3) is 0 Å². The Morgan fingerprint density at radius 2 is 1.45 bits per heavy atom. The van der Waals surface area contributed by atoms with Gasteiger partial charge >= 0.3 is 146 Å². The summed E-state index contributed by atoms with van der Waals surface area (Å²) in [7, 11) is 0. The zero-order chi connectivity index (χ0) is 16.0. The summed E-state index contributed by atoms with van der Waals surface area (Å²) < 4.78 is 0.270. The fraction of sp³-hybridized carbons (Fsp3) is 0.316. The van der Waals surface area contributed by atoms with E-state index in [1.807, 2.05) is 36.4 Å². The molecule has 1 atom stereocenters. The Labute approximate surface area is 146 Å². The van der Waals surface area contributed by atoms with Gasteiger partial charge in [-0.25, -0.2) is 0 Å². The molecule has 0 bridgehead atoms. The third-order valence-corrected chi connectivity index (χ3v) is 12.4. The molecule has 0 saturated heterocycles. The van der Waals surface area contributed by atoms with Gasteiger partial charge in [-0.3, -0.25) is 0 Å². The molecule has 0 aliphatic heterocycles. The van der Waals surface area contributed by atoms with Gasteiger partial charge in [-0.05, 0) is 0 Å². The van der Waals surface area contributed by atoms with E-state index >= 15 is 0 Å². The maximum absolute atomic E-state index is 12.7. The molecular formula is C19H22OSe2. The van der Waals surface area contributed by atoms with Gasteiger partial charge in [-0.1, -0.05) is 0 Å². The van der Waals surface area contributed by atoms with E-state index in [4.69, 9.17) is 0 Å². The van der Waals surface area contributed by atoms with Crippen LogP contribution in [0.5, 0.6) is 0 Å². The molecule has 0 fully saturated rings. The molecule has 0 N–H and O–H groups in total. The summed E-state index contributed by atoms with van der Waals surface area (Å²) in [6, 6.07) is 20.3. The van der Waals surface area contributed by atoms with Crippen molar-refractivity contribution in [2.45, 2.75) is 34.1 Å². The first-order valence-corrected chi connectivity index (χ1v) is 12.5. The molecule has 1 nitrogen and oxygen atoms in total. The van der Waals surface area contributed by atoms with Gasteiger partial charge in [0.2, 0.25) is 0 Å². The fourth-order valence-electron chi connectivity index (χ4n) is 2.59. The molecular weight excluding hydrogens is 402 g/mol. The molecule has 1 unspecified atom stereocenters. The Bertz CT molecular complexity index is 591. The van der Waals surface area contributed by atoms with E-state index in [9.17, 15) is 4.79 Å². The molecule has 2 aromatic carbocycles. The predicted octanol–water partition coefficient (Wildman–Crippen LogP) is 4.68. The van der Waals surface area contributed by atoms with Crippen LogP contribution >= 0.6 is 0 Å². The molecule has 0 amide bonds. The molecule has 2 rings (SSSR count). The van der Waals surface area contributed by atoms with Crippen LogP contribution in [0.4, 0.5) is 0 Å². The molecule has 0 heterocycles. The number of ketones is 1. The monoisotopic (exact) mass is 426 g/mol. The van der Waals surface area contributed by atoms with Gasteiger partial charge < -0.3 is 0 Å². The Hall–Kier alpha value is -0.851. The van der Waals surface area contributed by atoms with Crippen LogP contribution in [0.15, 0.2) is 60.7 Å². The number of hydrogen-bond acceptors (Lipinski definition) is 1. The van der Waals surface area contributed by atoms with Crippen LogP contribution in [0.2, 0.25) is 14.9 Å². The van der Waals surface area contributed by atoms with Crippen molar-refractivity contribution in [3.8, 4) is 0 Å². The van der Waals surface area contributed by atoms with E-state index < -0.39 is 0 Å². The SMILES string of the molecule is C[Se]C(C)([Se]C)C(CC(=O)c1ccccc1)c1ccccc1. The third kappa shape index (κ3) is 4.12. The second-order valence-corrected chi connectivity index (χ2v) is 12.0. The van der Waals surface area contributed by atoms with E-state index in [1.54, 1.807) is 0 Å². The van der Waals surface area contributed by atoms with Crippen LogP contribution in [0.3, 0.4) is 0 Å². The van der Waals surface area contributed by atoms with Crippen molar-refractivity contribution < 1.29 is 4.79 Å². The second-order valence-electron chi connectivity index (χ2n) is 5.38. The van der Waals surface area contributed by atoms with Crippen molar-refractivity contribution in [1.82, 2.24) is 0 Å². The molecule has 0 saturated carbocycles. The summed E-state index contributed by atoms with van der Waals surface area (Å²) in [5.74, 6) is 5.19. The topological polar surface area (TPSA) is 17.1 Å². The van der Waals surface area contributed by atoms with Gasteiger partial charge in [0.05, 0.1) is 0 Å². The zero-order valence-corrected chi connectivity index (χ0v) is 16.7. The van der Waals surface area contributed by atoms with Crippen molar-refractivity contribution in [2.75, 3.05) is 0 Å². The molecule has 2 aromatic rings. The quantitative estimate of drug-likeness (QED) is 0.466. The van der Waals surface area contributed by atoms with E-state index in [0.29, 0.717) is 42.3 Å². The number of rotatable bonds is 7. The molecule has 0 radical (unpaired) electrons. The number of carbonyl (C=O) groups excluding carboxylic acids is 1. The van der Waals surface area contributed by atoms with Gasteiger partial charge in [0, 0.05) is 0 Å². The average molecular weight is 424 g/mol. The van der Waals surface area contributed by atoms with E-state index in [-0.39, 0.29) is 9.00 Å². The van der Waals surface area contributed by atoms with Gasteiger partial charge in [-0.15, -0.1) is 0 Å². The Morgan fingerprint density at radius 3 is 1.95 bits per heavy atom. The van der Waals surface area contributed by atoms with Crippen molar-refractivity contribution >= 4 is 35.7 Å². The summed E-state index contributed by atoms with van der Waals surface area (Å²) in [6.45, 7) is 2.36. The first-order valence-electron chi connectivity index (χ1n) is 7.34. The summed E-state index contributed by atoms with van der Waals surface area (Å²) in [6.07, 6.45) is 0.607. The first kappa shape index (κ1) is 17.5. The van der Waals surface area contributed by atoms with Crippen molar-refractivity contribution in [3.63, 3.8) is 0 Å². The number of carbonyl (C=O) groups is 1. The van der Waals surface area contributed by atoms with E-state index in [2.05, 4.69) is 42.8 Å². The van der Waals surface area contributed by atoms with Crippen LogP contribution in [0.1, 0.15) is 35.2 Å². The molecule has 0 aromatic heterocycles. The molecule has 0 spiro atoms. The fourth-order valence-corrected chi connectivity index (χ4v) is 6.87. The van der Waals surface area contributed by atoms with Crippen molar-refractivity contribution in [2.24, 2.45) is 0 Å². The van der Waals surface area contributed by atoms with Crippen LogP contribution < -0.4 is 0 Å². The average Bonchev–Trinajstić information content (AvgIpc) is 2.60. The number of benzene rings is 2. The van der Waals surface area contributed by atoms with Crippen molar-refractivity contribution in [1.29, 1.82) is 0 Å². The summed E-state index contributed by atoms with van der Waals surface area (Å²) >= 11 is 1.03. The Morgan fingerprint density at radius 1 is 0.955 bits per heavy atom. The van der Waals surface area contributed by atoms with Crippen molar-refractivity contribution in [3.05, 3.63) is 71.8 Å². The van der Waals surface area contributed by atoms with E-state index in [0.717, 1.165) is 5.56 Å². The third-order valence-electron chi connectivity index (χ3n) is 4.13. The molecule has 116 valence electrons. The number of Topliss-reactive ketones (excluding diaryl/α,β-unsaturated/α-hetero) is 1. The summed E-state index contributed by atoms with van der Waals surface area (Å²) in [5.41, 5.74) is 2.14. The minimum atomic E-state index is 0.258. The van der Waals surface area contributed by atoms with Gasteiger partial charge in [-0.2, -0.15) is 0 Å². The molecule has 22 heavy (non-hydrogen) atoms. The first-order chi connectivity index (χ1) is 10.6. The Kier molecular flexibility index (Phi) is 6.47. The maximum atomic E-state index is 12.7. The summed E-state index contributed by atoms with van der Waals surface area (Å²) in [4.78, 5) is 12.7. The Balaban J connectivity index is 2.31. The molecule has 3 heteroatoms. The molecule has 0 aliphatic carbocycles.